The fourth-order valence-electron chi connectivity index (χ4n) is 1.86. The first-order chi connectivity index (χ1) is 10.6. The quantitative estimate of drug-likeness (QED) is 0.794. The standard InChI is InChI=1S/C15H16N2O4S/c1-20-10-3-5-13(21-2)11(9-10)12(18)4-6-14(19)17-15-16-7-8-22-15/h3,5,7-9H,4,6H2,1-2H3,(H,16,17,19). The van der Waals surface area contributed by atoms with Crippen LogP contribution in [-0.4, -0.2) is 30.9 Å². The molecule has 0 atom stereocenters. The van der Waals surface area contributed by atoms with Crippen molar-refractivity contribution in [2.24, 2.45) is 0 Å². The maximum atomic E-state index is 12.3. The van der Waals surface area contributed by atoms with E-state index in [0.29, 0.717) is 22.2 Å². The molecule has 22 heavy (non-hydrogen) atoms. The number of ether oxygens (including phenoxy) is 2. The number of thiazole rings is 1. The molecule has 0 aliphatic carbocycles. The molecule has 0 radical (unpaired) electrons. The maximum absolute atomic E-state index is 12.3. The van der Waals surface area contributed by atoms with Crippen molar-refractivity contribution in [1.82, 2.24) is 4.98 Å². The van der Waals surface area contributed by atoms with Crippen LogP contribution in [0.4, 0.5) is 5.13 Å². The summed E-state index contributed by atoms with van der Waals surface area (Å²) in [5, 5.41) is 4.93. The van der Waals surface area contributed by atoms with E-state index >= 15 is 0 Å². The minimum absolute atomic E-state index is 0.0821. The third kappa shape index (κ3) is 4.05. The van der Waals surface area contributed by atoms with Crippen LogP contribution in [0, 0.1) is 0 Å². The number of carbonyl (C=O) groups is 2. The van der Waals surface area contributed by atoms with Gasteiger partial charge in [0.25, 0.3) is 0 Å². The van der Waals surface area contributed by atoms with Gasteiger partial charge in [0.05, 0.1) is 19.8 Å². The minimum Gasteiger partial charge on any atom is -0.497 e. The maximum Gasteiger partial charge on any atom is 0.226 e. The van der Waals surface area contributed by atoms with E-state index in [1.807, 2.05) is 0 Å². The molecule has 0 aliphatic heterocycles. The highest BCUT2D eigenvalue weighted by atomic mass is 32.1. The summed E-state index contributed by atoms with van der Waals surface area (Å²) in [5.74, 6) is 0.609. The molecule has 0 unspecified atom stereocenters. The van der Waals surface area contributed by atoms with Crippen molar-refractivity contribution in [2.75, 3.05) is 19.5 Å². The predicted molar refractivity (Wildman–Crippen MR) is 83.9 cm³/mol. The summed E-state index contributed by atoms with van der Waals surface area (Å²) in [4.78, 5) is 28.0. The lowest BCUT2D eigenvalue weighted by Crippen LogP contribution is -2.13. The number of hydrogen-bond donors (Lipinski definition) is 1. The highest BCUT2D eigenvalue weighted by Gasteiger charge is 2.15. The third-order valence-corrected chi connectivity index (χ3v) is 3.65. The molecule has 1 N–H and O–H groups in total. The van der Waals surface area contributed by atoms with Gasteiger partial charge in [-0.05, 0) is 18.2 Å². The molecule has 1 amide bonds. The minimum atomic E-state index is -0.245. The third-order valence-electron chi connectivity index (χ3n) is 2.96. The van der Waals surface area contributed by atoms with E-state index in [1.54, 1.807) is 29.8 Å². The zero-order valence-electron chi connectivity index (χ0n) is 12.3. The molecule has 0 bridgehead atoms. The van der Waals surface area contributed by atoms with Crippen molar-refractivity contribution < 1.29 is 19.1 Å². The Bertz CT molecular complexity index is 656. The van der Waals surface area contributed by atoms with Crippen molar-refractivity contribution in [1.29, 1.82) is 0 Å². The Labute approximate surface area is 132 Å². The molecule has 0 aliphatic rings. The van der Waals surface area contributed by atoms with Crippen molar-refractivity contribution in [3.8, 4) is 11.5 Å². The van der Waals surface area contributed by atoms with E-state index < -0.39 is 0 Å². The Morgan fingerprint density at radius 3 is 2.68 bits per heavy atom. The highest BCUT2D eigenvalue weighted by Crippen LogP contribution is 2.25. The zero-order chi connectivity index (χ0) is 15.9. The monoisotopic (exact) mass is 320 g/mol. The number of benzene rings is 1. The summed E-state index contributed by atoms with van der Waals surface area (Å²) in [7, 11) is 3.02. The number of nitrogens with zero attached hydrogens (tertiary/aromatic N) is 1. The zero-order valence-corrected chi connectivity index (χ0v) is 13.1. The Morgan fingerprint density at radius 2 is 2.05 bits per heavy atom. The van der Waals surface area contributed by atoms with Gasteiger partial charge in [-0.2, -0.15) is 0 Å². The second-order valence-corrected chi connectivity index (χ2v) is 5.27. The van der Waals surface area contributed by atoms with E-state index in [4.69, 9.17) is 9.47 Å². The lowest BCUT2D eigenvalue weighted by Gasteiger charge is -2.09. The van der Waals surface area contributed by atoms with Gasteiger partial charge < -0.3 is 14.8 Å². The second-order valence-electron chi connectivity index (χ2n) is 4.37. The smallest absolute Gasteiger partial charge is 0.226 e. The number of methoxy groups -OCH3 is 2. The average molecular weight is 320 g/mol. The summed E-state index contributed by atoms with van der Waals surface area (Å²) >= 11 is 1.33. The molecule has 2 rings (SSSR count). The van der Waals surface area contributed by atoms with Gasteiger partial charge in [0, 0.05) is 24.4 Å². The summed E-state index contributed by atoms with van der Waals surface area (Å²) < 4.78 is 10.3. The van der Waals surface area contributed by atoms with Crippen LogP contribution in [0.3, 0.4) is 0 Å². The number of Topliss-reactive ketones (excluding diaryl/α,β-unsaturated/α-hetero) is 1. The van der Waals surface area contributed by atoms with Crippen LogP contribution in [0.25, 0.3) is 0 Å². The first-order valence-corrected chi connectivity index (χ1v) is 7.46. The normalized spacial score (nSPS) is 10.1. The summed E-state index contributed by atoms with van der Waals surface area (Å²) in [5.41, 5.74) is 0.406. The van der Waals surface area contributed by atoms with Crippen LogP contribution in [-0.2, 0) is 4.79 Å². The van der Waals surface area contributed by atoms with E-state index in [-0.39, 0.29) is 24.5 Å². The Morgan fingerprint density at radius 1 is 1.23 bits per heavy atom. The first-order valence-electron chi connectivity index (χ1n) is 6.58. The van der Waals surface area contributed by atoms with E-state index in [2.05, 4.69) is 10.3 Å². The number of aromatic nitrogens is 1. The Hall–Kier alpha value is -2.41. The Kier molecular flexibility index (Phi) is 5.48. The molecular formula is C15H16N2O4S. The molecule has 0 saturated heterocycles. The van der Waals surface area contributed by atoms with Crippen molar-refractivity contribution in [2.45, 2.75) is 12.8 Å². The molecular weight excluding hydrogens is 304 g/mol. The van der Waals surface area contributed by atoms with Crippen LogP contribution in [0.5, 0.6) is 11.5 Å². The molecule has 7 heteroatoms. The van der Waals surface area contributed by atoms with Gasteiger partial charge in [0.2, 0.25) is 5.91 Å². The first kappa shape index (κ1) is 16.0. The van der Waals surface area contributed by atoms with Gasteiger partial charge in [0.1, 0.15) is 11.5 Å². The lowest BCUT2D eigenvalue weighted by atomic mass is 10.0. The van der Waals surface area contributed by atoms with Crippen LogP contribution in [0.2, 0.25) is 0 Å². The molecule has 0 saturated carbocycles. The van der Waals surface area contributed by atoms with Crippen molar-refractivity contribution in [3.63, 3.8) is 0 Å². The fraction of sp³-hybridized carbons (Fsp3) is 0.267. The van der Waals surface area contributed by atoms with E-state index in [1.165, 1.54) is 25.6 Å². The van der Waals surface area contributed by atoms with Crippen molar-refractivity contribution >= 4 is 28.2 Å². The van der Waals surface area contributed by atoms with Gasteiger partial charge in [0.15, 0.2) is 10.9 Å². The SMILES string of the molecule is COc1ccc(OC)c(C(=O)CCC(=O)Nc2nccs2)c1. The van der Waals surface area contributed by atoms with Crippen LogP contribution in [0.15, 0.2) is 29.8 Å². The van der Waals surface area contributed by atoms with E-state index in [9.17, 15) is 9.59 Å². The molecule has 6 nitrogen and oxygen atoms in total. The van der Waals surface area contributed by atoms with Crippen LogP contribution >= 0.6 is 11.3 Å². The molecule has 0 fully saturated rings. The highest BCUT2D eigenvalue weighted by molar-refractivity contribution is 7.13. The number of nitrogens with one attached hydrogen (secondary N) is 1. The van der Waals surface area contributed by atoms with Crippen LogP contribution < -0.4 is 14.8 Å². The van der Waals surface area contributed by atoms with Crippen molar-refractivity contribution in [3.05, 3.63) is 35.3 Å². The average Bonchev–Trinajstić information content (AvgIpc) is 3.04. The van der Waals surface area contributed by atoms with Crippen LogP contribution in [0.1, 0.15) is 23.2 Å². The summed E-state index contributed by atoms with van der Waals surface area (Å²) in [6.07, 6.45) is 1.77. The number of amides is 1. The fourth-order valence-corrected chi connectivity index (χ4v) is 2.41. The Balaban J connectivity index is 1.98. The predicted octanol–water partition coefficient (Wildman–Crippen LogP) is 2.76. The van der Waals surface area contributed by atoms with Gasteiger partial charge in [-0.15, -0.1) is 11.3 Å². The van der Waals surface area contributed by atoms with Gasteiger partial charge >= 0.3 is 0 Å². The van der Waals surface area contributed by atoms with E-state index in [0.717, 1.165) is 0 Å². The summed E-state index contributed by atoms with van der Waals surface area (Å²) in [6, 6.07) is 4.99. The molecule has 0 spiro atoms. The number of ketones is 1. The molecule has 1 heterocycles. The number of anilines is 1. The topological polar surface area (TPSA) is 77.5 Å². The van der Waals surface area contributed by atoms with Gasteiger partial charge in [-0.1, -0.05) is 0 Å². The second kappa shape index (κ2) is 7.56. The van der Waals surface area contributed by atoms with Gasteiger partial charge in [-0.3, -0.25) is 9.59 Å². The number of carbonyl (C=O) groups excluding carboxylic acids is 2. The molecule has 2 aromatic rings. The largest absolute Gasteiger partial charge is 0.497 e. The molecule has 116 valence electrons. The van der Waals surface area contributed by atoms with Gasteiger partial charge in [-0.25, -0.2) is 4.98 Å². The number of rotatable bonds is 7. The lowest BCUT2D eigenvalue weighted by molar-refractivity contribution is -0.116. The molecule has 1 aromatic heterocycles. The molecule has 1 aromatic carbocycles. The number of hydrogen-bond acceptors (Lipinski definition) is 6. The summed E-state index contributed by atoms with van der Waals surface area (Å²) in [6.45, 7) is 0.